The minimum atomic E-state index is -0.258. The van der Waals surface area contributed by atoms with Crippen LogP contribution in [0.4, 0.5) is 4.39 Å². The molecule has 1 aliphatic rings. The van der Waals surface area contributed by atoms with Crippen LogP contribution in [-0.2, 0) is 6.54 Å². The normalized spacial score (nSPS) is 23.6. The highest BCUT2D eigenvalue weighted by molar-refractivity contribution is 5.10. The van der Waals surface area contributed by atoms with Crippen molar-refractivity contribution in [1.82, 2.24) is 10.3 Å². The molecule has 0 spiro atoms. The van der Waals surface area contributed by atoms with E-state index in [9.17, 15) is 4.39 Å². The first-order valence-corrected chi connectivity index (χ1v) is 5.88. The van der Waals surface area contributed by atoms with Crippen molar-refractivity contribution in [1.29, 1.82) is 0 Å². The van der Waals surface area contributed by atoms with Gasteiger partial charge in [-0.05, 0) is 36.3 Å². The second kappa shape index (κ2) is 4.50. The lowest BCUT2D eigenvalue weighted by atomic mass is 9.92. The summed E-state index contributed by atoms with van der Waals surface area (Å²) in [6.45, 7) is 5.32. The van der Waals surface area contributed by atoms with Gasteiger partial charge in [0.25, 0.3) is 0 Å². The van der Waals surface area contributed by atoms with Gasteiger partial charge < -0.3 is 5.32 Å². The van der Waals surface area contributed by atoms with Crippen LogP contribution in [0.25, 0.3) is 0 Å². The molecule has 1 aromatic rings. The zero-order valence-electron chi connectivity index (χ0n) is 9.96. The van der Waals surface area contributed by atoms with Crippen molar-refractivity contribution in [2.75, 3.05) is 0 Å². The molecule has 0 bridgehead atoms. The lowest BCUT2D eigenvalue weighted by Gasteiger charge is -2.17. The van der Waals surface area contributed by atoms with Gasteiger partial charge in [0.2, 0.25) is 0 Å². The number of hydrogen-bond donors (Lipinski definition) is 1. The van der Waals surface area contributed by atoms with E-state index in [2.05, 4.69) is 24.1 Å². The standard InChI is InChI=1S/C13H19FN2/c1-13(2)4-3-12(6-13)16-8-10-5-11(14)9-15-7-10/h5,7,9,12,16H,3-4,6,8H2,1-2H3. The molecule has 1 unspecified atom stereocenters. The van der Waals surface area contributed by atoms with E-state index in [-0.39, 0.29) is 5.82 Å². The van der Waals surface area contributed by atoms with Gasteiger partial charge in [-0.3, -0.25) is 4.98 Å². The van der Waals surface area contributed by atoms with Crippen LogP contribution >= 0.6 is 0 Å². The largest absolute Gasteiger partial charge is 0.310 e. The fourth-order valence-corrected chi connectivity index (χ4v) is 2.43. The van der Waals surface area contributed by atoms with Crippen molar-refractivity contribution >= 4 is 0 Å². The summed E-state index contributed by atoms with van der Waals surface area (Å²) in [5.41, 5.74) is 1.38. The molecule has 0 saturated heterocycles. The summed E-state index contributed by atoms with van der Waals surface area (Å²) in [5, 5.41) is 3.47. The summed E-state index contributed by atoms with van der Waals surface area (Å²) in [6.07, 6.45) is 6.65. The molecule has 1 fully saturated rings. The number of rotatable bonds is 3. The molecule has 1 N–H and O–H groups in total. The second-order valence-electron chi connectivity index (χ2n) is 5.50. The van der Waals surface area contributed by atoms with Gasteiger partial charge in [-0.25, -0.2) is 4.39 Å². The van der Waals surface area contributed by atoms with Crippen molar-refractivity contribution in [2.24, 2.45) is 5.41 Å². The topological polar surface area (TPSA) is 24.9 Å². The molecule has 1 atom stereocenters. The van der Waals surface area contributed by atoms with E-state index in [1.807, 2.05) is 0 Å². The zero-order valence-corrected chi connectivity index (χ0v) is 9.96. The van der Waals surface area contributed by atoms with Gasteiger partial charge in [-0.15, -0.1) is 0 Å². The Morgan fingerprint density at radius 2 is 2.31 bits per heavy atom. The number of nitrogens with one attached hydrogen (secondary N) is 1. The second-order valence-corrected chi connectivity index (χ2v) is 5.50. The molecule has 16 heavy (non-hydrogen) atoms. The number of halogens is 1. The lowest BCUT2D eigenvalue weighted by Crippen LogP contribution is -2.26. The van der Waals surface area contributed by atoms with E-state index in [1.54, 1.807) is 12.3 Å². The Morgan fingerprint density at radius 3 is 2.94 bits per heavy atom. The quantitative estimate of drug-likeness (QED) is 0.850. The summed E-state index contributed by atoms with van der Waals surface area (Å²) in [4.78, 5) is 3.84. The first-order chi connectivity index (χ1) is 7.55. The molecule has 0 aromatic carbocycles. The van der Waals surface area contributed by atoms with Crippen molar-refractivity contribution in [3.05, 3.63) is 29.8 Å². The Hall–Kier alpha value is -0.960. The molecular formula is C13H19FN2. The average Bonchev–Trinajstić information content (AvgIpc) is 2.56. The fraction of sp³-hybridized carbons (Fsp3) is 0.615. The maximum absolute atomic E-state index is 12.9. The molecule has 3 heteroatoms. The van der Waals surface area contributed by atoms with Gasteiger partial charge in [0, 0.05) is 18.8 Å². The van der Waals surface area contributed by atoms with Crippen LogP contribution in [0.1, 0.15) is 38.7 Å². The van der Waals surface area contributed by atoms with Gasteiger partial charge in [0.1, 0.15) is 5.82 Å². The fourth-order valence-electron chi connectivity index (χ4n) is 2.43. The van der Waals surface area contributed by atoms with Crippen molar-refractivity contribution in [3.63, 3.8) is 0 Å². The summed E-state index contributed by atoms with van der Waals surface area (Å²) in [5.74, 6) is -0.258. The highest BCUT2D eigenvalue weighted by Gasteiger charge is 2.30. The number of nitrogens with zero attached hydrogens (tertiary/aromatic N) is 1. The maximum Gasteiger partial charge on any atom is 0.141 e. The van der Waals surface area contributed by atoms with E-state index in [0.29, 0.717) is 18.0 Å². The molecule has 1 saturated carbocycles. The molecule has 2 rings (SSSR count). The van der Waals surface area contributed by atoms with Crippen molar-refractivity contribution < 1.29 is 4.39 Å². The van der Waals surface area contributed by atoms with Crippen LogP contribution in [0.2, 0.25) is 0 Å². The zero-order chi connectivity index (χ0) is 11.6. The third-order valence-electron chi connectivity index (χ3n) is 3.32. The smallest absolute Gasteiger partial charge is 0.141 e. The Balaban J connectivity index is 1.84. The van der Waals surface area contributed by atoms with Crippen LogP contribution in [0.3, 0.4) is 0 Å². The Morgan fingerprint density at radius 1 is 1.50 bits per heavy atom. The maximum atomic E-state index is 12.9. The van der Waals surface area contributed by atoms with Gasteiger partial charge in [0.15, 0.2) is 0 Å². The molecule has 1 heterocycles. The highest BCUT2D eigenvalue weighted by atomic mass is 19.1. The van der Waals surface area contributed by atoms with E-state index in [4.69, 9.17) is 0 Å². The third-order valence-corrected chi connectivity index (χ3v) is 3.32. The predicted molar refractivity (Wildman–Crippen MR) is 62.5 cm³/mol. The number of aromatic nitrogens is 1. The van der Waals surface area contributed by atoms with E-state index >= 15 is 0 Å². The highest BCUT2D eigenvalue weighted by Crippen LogP contribution is 2.36. The van der Waals surface area contributed by atoms with Crippen LogP contribution in [0.15, 0.2) is 18.5 Å². The summed E-state index contributed by atoms with van der Waals surface area (Å²) >= 11 is 0. The monoisotopic (exact) mass is 222 g/mol. The van der Waals surface area contributed by atoms with E-state index in [0.717, 1.165) is 5.56 Å². The first-order valence-electron chi connectivity index (χ1n) is 5.88. The van der Waals surface area contributed by atoms with Gasteiger partial charge in [-0.1, -0.05) is 13.8 Å². The van der Waals surface area contributed by atoms with Crippen LogP contribution in [-0.4, -0.2) is 11.0 Å². The Kier molecular flexibility index (Phi) is 3.24. The third kappa shape index (κ3) is 3.01. The molecule has 1 aromatic heterocycles. The summed E-state index contributed by atoms with van der Waals surface area (Å²) in [6, 6.07) is 2.11. The van der Waals surface area contributed by atoms with E-state index < -0.39 is 0 Å². The van der Waals surface area contributed by atoms with Crippen LogP contribution < -0.4 is 5.32 Å². The van der Waals surface area contributed by atoms with Gasteiger partial charge >= 0.3 is 0 Å². The average molecular weight is 222 g/mol. The molecular weight excluding hydrogens is 203 g/mol. The molecule has 0 amide bonds. The summed E-state index contributed by atoms with van der Waals surface area (Å²) < 4.78 is 12.9. The molecule has 0 aliphatic heterocycles. The SMILES string of the molecule is CC1(C)CCC(NCc2cncc(F)c2)C1. The predicted octanol–water partition coefficient (Wildman–Crippen LogP) is 2.89. The van der Waals surface area contributed by atoms with Crippen molar-refractivity contribution in [2.45, 2.75) is 45.7 Å². The van der Waals surface area contributed by atoms with Crippen molar-refractivity contribution in [3.8, 4) is 0 Å². The van der Waals surface area contributed by atoms with E-state index in [1.165, 1.54) is 25.5 Å². The minimum absolute atomic E-state index is 0.258. The molecule has 1 aliphatic carbocycles. The molecule has 2 nitrogen and oxygen atoms in total. The molecule has 88 valence electrons. The van der Waals surface area contributed by atoms with Crippen LogP contribution in [0, 0.1) is 11.2 Å². The first kappa shape index (κ1) is 11.5. The number of hydrogen-bond acceptors (Lipinski definition) is 2. The van der Waals surface area contributed by atoms with Gasteiger partial charge in [0.05, 0.1) is 6.20 Å². The number of pyridine rings is 1. The minimum Gasteiger partial charge on any atom is -0.310 e. The van der Waals surface area contributed by atoms with Gasteiger partial charge in [-0.2, -0.15) is 0 Å². The Bertz CT molecular complexity index is 363. The van der Waals surface area contributed by atoms with Crippen LogP contribution in [0.5, 0.6) is 0 Å². The molecule has 0 radical (unpaired) electrons. The summed E-state index contributed by atoms with van der Waals surface area (Å²) in [7, 11) is 0. The lowest BCUT2D eigenvalue weighted by molar-refractivity contribution is 0.364. The Labute approximate surface area is 96.3 Å².